The SMILES string of the molecule is CC(=O)O[C@@H]1O[C@@H]2OC(=O)C[C@H]1[C@@H]2[C@]1(C)CCC2=C([C@H]1C)[C@@H](O)CCC2(C)C. The number of ether oxygens (including phenoxy) is 3. The van der Waals surface area contributed by atoms with E-state index in [1.807, 2.05) is 0 Å². The Morgan fingerprint density at radius 1 is 1.25 bits per heavy atom. The van der Waals surface area contributed by atoms with E-state index < -0.39 is 24.7 Å². The van der Waals surface area contributed by atoms with E-state index in [0.717, 1.165) is 25.7 Å². The molecule has 6 nitrogen and oxygen atoms in total. The largest absolute Gasteiger partial charge is 0.435 e. The number of aliphatic hydroxyl groups excluding tert-OH is 1. The fourth-order valence-electron chi connectivity index (χ4n) is 6.31. The summed E-state index contributed by atoms with van der Waals surface area (Å²) in [6.45, 7) is 10.3. The van der Waals surface area contributed by atoms with Crippen molar-refractivity contribution in [3.05, 3.63) is 11.1 Å². The molecule has 156 valence electrons. The lowest BCUT2D eigenvalue weighted by Crippen LogP contribution is -2.51. The molecule has 7 atom stereocenters. The maximum absolute atomic E-state index is 12.0. The number of rotatable bonds is 2. The molecule has 2 heterocycles. The summed E-state index contributed by atoms with van der Waals surface area (Å²) >= 11 is 0. The molecule has 4 aliphatic rings. The van der Waals surface area contributed by atoms with Crippen molar-refractivity contribution >= 4 is 11.9 Å². The summed E-state index contributed by atoms with van der Waals surface area (Å²) in [7, 11) is 0. The fraction of sp³-hybridized carbons (Fsp3) is 0.818. The Balaban J connectivity index is 1.70. The second kappa shape index (κ2) is 6.56. The molecule has 0 aromatic rings. The zero-order chi connectivity index (χ0) is 20.4. The number of fused-ring (bicyclic) bond motifs is 2. The Labute approximate surface area is 166 Å². The molecule has 0 radical (unpaired) electrons. The lowest BCUT2D eigenvalue weighted by atomic mass is 9.52. The van der Waals surface area contributed by atoms with Crippen LogP contribution in [0.25, 0.3) is 0 Å². The number of hydrogen-bond acceptors (Lipinski definition) is 6. The number of esters is 2. The molecule has 2 bridgehead atoms. The summed E-state index contributed by atoms with van der Waals surface area (Å²) in [5.74, 6) is -0.849. The van der Waals surface area contributed by atoms with E-state index in [9.17, 15) is 14.7 Å². The third-order valence-corrected chi connectivity index (χ3v) is 8.00. The topological polar surface area (TPSA) is 82.1 Å². The smallest absolute Gasteiger partial charge is 0.308 e. The van der Waals surface area contributed by atoms with Crippen molar-refractivity contribution in [3.8, 4) is 0 Å². The van der Waals surface area contributed by atoms with Crippen LogP contribution >= 0.6 is 0 Å². The van der Waals surface area contributed by atoms with Crippen molar-refractivity contribution in [2.24, 2.45) is 28.6 Å². The van der Waals surface area contributed by atoms with Gasteiger partial charge in [0.25, 0.3) is 0 Å². The number of carbonyl (C=O) groups is 2. The minimum absolute atomic E-state index is 0.0594. The molecule has 2 aliphatic heterocycles. The van der Waals surface area contributed by atoms with Crippen LogP contribution in [0.2, 0.25) is 0 Å². The first-order chi connectivity index (χ1) is 13.0. The molecule has 0 aromatic heterocycles. The maximum Gasteiger partial charge on any atom is 0.308 e. The molecule has 2 aliphatic carbocycles. The van der Waals surface area contributed by atoms with E-state index >= 15 is 0 Å². The molecule has 2 saturated heterocycles. The van der Waals surface area contributed by atoms with Crippen LogP contribution in [0.3, 0.4) is 0 Å². The highest BCUT2D eigenvalue weighted by molar-refractivity contribution is 5.71. The van der Waals surface area contributed by atoms with Crippen LogP contribution in [0.15, 0.2) is 11.1 Å². The zero-order valence-electron chi connectivity index (χ0n) is 17.5. The normalized spacial score (nSPS) is 44.7. The minimum Gasteiger partial charge on any atom is -0.435 e. The van der Waals surface area contributed by atoms with Crippen LogP contribution in [0.1, 0.15) is 66.7 Å². The van der Waals surface area contributed by atoms with Crippen LogP contribution in [-0.4, -0.2) is 35.7 Å². The summed E-state index contributed by atoms with van der Waals surface area (Å²) in [6, 6.07) is 0. The standard InChI is InChI=1S/C22H32O6/c1-11-17-14(21(3,4)8-7-15(17)24)6-9-22(11,5)18-13-10-16(25)27-20(18)28-19(13)26-12(2)23/h11,13,15,18-20,24H,6-10H2,1-5H3/t11-,13+,15+,18+,19-,20+,22-/m1/s1. The molecule has 6 heteroatoms. The molecule has 0 saturated carbocycles. The average Bonchev–Trinajstić information content (AvgIpc) is 2.82. The maximum atomic E-state index is 12.0. The van der Waals surface area contributed by atoms with Crippen molar-refractivity contribution in [2.75, 3.05) is 0 Å². The van der Waals surface area contributed by atoms with Crippen molar-refractivity contribution in [2.45, 2.75) is 85.4 Å². The highest BCUT2D eigenvalue weighted by atomic mass is 16.8. The van der Waals surface area contributed by atoms with E-state index in [2.05, 4.69) is 27.7 Å². The summed E-state index contributed by atoms with van der Waals surface area (Å²) in [4.78, 5) is 23.6. The van der Waals surface area contributed by atoms with E-state index in [4.69, 9.17) is 14.2 Å². The number of hydrogen-bond donors (Lipinski definition) is 1. The molecule has 4 rings (SSSR count). The molecule has 2 fully saturated rings. The summed E-state index contributed by atoms with van der Waals surface area (Å²) < 4.78 is 16.8. The summed E-state index contributed by atoms with van der Waals surface area (Å²) in [6.07, 6.45) is 2.00. The molecular weight excluding hydrogens is 360 g/mol. The van der Waals surface area contributed by atoms with E-state index in [1.54, 1.807) is 0 Å². The first kappa shape index (κ1) is 19.9. The Bertz CT molecular complexity index is 725. The van der Waals surface area contributed by atoms with Gasteiger partial charge in [-0.1, -0.05) is 33.3 Å². The van der Waals surface area contributed by atoms with E-state index in [1.165, 1.54) is 18.1 Å². The van der Waals surface area contributed by atoms with Gasteiger partial charge < -0.3 is 19.3 Å². The van der Waals surface area contributed by atoms with Gasteiger partial charge in [-0.2, -0.15) is 0 Å². The predicted octanol–water partition coefficient (Wildman–Crippen LogP) is 3.32. The highest BCUT2D eigenvalue weighted by Crippen LogP contribution is 2.61. The van der Waals surface area contributed by atoms with Gasteiger partial charge in [-0.3, -0.25) is 9.59 Å². The Hall–Kier alpha value is -1.40. The second-order valence-electron chi connectivity index (χ2n) is 9.97. The van der Waals surface area contributed by atoms with Crippen molar-refractivity contribution in [1.82, 2.24) is 0 Å². The van der Waals surface area contributed by atoms with Crippen molar-refractivity contribution < 1.29 is 28.9 Å². The van der Waals surface area contributed by atoms with Crippen LogP contribution in [0.5, 0.6) is 0 Å². The van der Waals surface area contributed by atoms with Crippen LogP contribution in [-0.2, 0) is 23.8 Å². The molecule has 0 unspecified atom stereocenters. The van der Waals surface area contributed by atoms with Crippen LogP contribution < -0.4 is 0 Å². The van der Waals surface area contributed by atoms with Gasteiger partial charge in [-0.05, 0) is 48.0 Å². The van der Waals surface area contributed by atoms with E-state index in [0.29, 0.717) is 0 Å². The van der Waals surface area contributed by atoms with Gasteiger partial charge in [-0.15, -0.1) is 0 Å². The first-order valence-electron chi connectivity index (χ1n) is 10.5. The quantitative estimate of drug-likeness (QED) is 0.573. The van der Waals surface area contributed by atoms with Gasteiger partial charge in [0, 0.05) is 18.8 Å². The molecule has 0 spiro atoms. The van der Waals surface area contributed by atoms with Gasteiger partial charge in [-0.25, -0.2) is 0 Å². The van der Waals surface area contributed by atoms with Crippen LogP contribution in [0.4, 0.5) is 0 Å². The average molecular weight is 392 g/mol. The molecule has 28 heavy (non-hydrogen) atoms. The van der Waals surface area contributed by atoms with Crippen molar-refractivity contribution in [3.63, 3.8) is 0 Å². The Kier molecular flexibility index (Phi) is 4.66. The van der Waals surface area contributed by atoms with Crippen LogP contribution in [0, 0.1) is 28.6 Å². The number of allylic oxidation sites excluding steroid dienone is 1. The summed E-state index contributed by atoms with van der Waals surface area (Å²) in [5.41, 5.74) is 2.47. The second-order valence-corrected chi connectivity index (χ2v) is 9.97. The summed E-state index contributed by atoms with van der Waals surface area (Å²) in [5, 5.41) is 10.9. The molecule has 0 aromatic carbocycles. The predicted molar refractivity (Wildman–Crippen MR) is 101 cm³/mol. The highest BCUT2D eigenvalue weighted by Gasteiger charge is 2.62. The Morgan fingerprint density at radius 2 is 1.96 bits per heavy atom. The van der Waals surface area contributed by atoms with Gasteiger partial charge in [0.2, 0.25) is 12.6 Å². The first-order valence-corrected chi connectivity index (χ1v) is 10.5. The van der Waals surface area contributed by atoms with Crippen molar-refractivity contribution in [1.29, 1.82) is 0 Å². The van der Waals surface area contributed by atoms with Gasteiger partial charge in [0.15, 0.2) is 0 Å². The fourth-order valence-corrected chi connectivity index (χ4v) is 6.31. The molecular formula is C22H32O6. The van der Waals surface area contributed by atoms with E-state index in [-0.39, 0.29) is 41.0 Å². The third-order valence-electron chi connectivity index (χ3n) is 8.00. The van der Waals surface area contributed by atoms with Gasteiger partial charge >= 0.3 is 11.9 Å². The van der Waals surface area contributed by atoms with Gasteiger partial charge in [0.1, 0.15) is 0 Å². The third kappa shape index (κ3) is 2.91. The van der Waals surface area contributed by atoms with Gasteiger partial charge in [0.05, 0.1) is 12.5 Å². The Morgan fingerprint density at radius 3 is 2.64 bits per heavy atom. The minimum atomic E-state index is -0.744. The molecule has 1 N–H and O–H groups in total. The number of aliphatic hydroxyl groups is 1. The number of carbonyl (C=O) groups excluding carboxylic acids is 2. The zero-order valence-corrected chi connectivity index (χ0v) is 17.5. The molecule has 0 amide bonds. The lowest BCUT2D eigenvalue weighted by molar-refractivity contribution is -0.214. The monoisotopic (exact) mass is 392 g/mol. The lowest BCUT2D eigenvalue weighted by Gasteiger charge is -2.53.